The molecule has 0 bridgehead atoms. The fraction of sp³-hybridized carbons (Fsp3) is 0.400. The van der Waals surface area contributed by atoms with E-state index in [2.05, 4.69) is 9.88 Å². The molecule has 3 rings (SSSR count). The lowest BCUT2D eigenvalue weighted by atomic mass is 10.0. The van der Waals surface area contributed by atoms with E-state index in [1.807, 2.05) is 13.0 Å². The maximum Gasteiger partial charge on any atom is 0.238 e. The van der Waals surface area contributed by atoms with Crippen molar-refractivity contribution in [3.8, 4) is 10.4 Å². The first-order valence-corrected chi connectivity index (χ1v) is 9.71. The van der Waals surface area contributed by atoms with Crippen molar-refractivity contribution in [3.05, 3.63) is 29.4 Å². The lowest BCUT2D eigenvalue weighted by Crippen LogP contribution is -2.30. The second-order valence-corrected chi connectivity index (χ2v) is 7.96. The van der Waals surface area contributed by atoms with E-state index in [4.69, 9.17) is 5.14 Å². The number of aromatic nitrogens is 1. The van der Waals surface area contributed by atoms with Crippen molar-refractivity contribution in [1.82, 2.24) is 4.98 Å². The van der Waals surface area contributed by atoms with Crippen LogP contribution < -0.4 is 10.0 Å². The summed E-state index contributed by atoms with van der Waals surface area (Å²) < 4.78 is 23.6. The number of rotatable bonds is 3. The van der Waals surface area contributed by atoms with Gasteiger partial charge in [0.25, 0.3) is 0 Å². The molecular weight excluding hydrogens is 318 g/mol. The summed E-state index contributed by atoms with van der Waals surface area (Å²) in [5.41, 5.74) is 4.48. The Bertz CT molecular complexity index is 764. The number of benzene rings is 1. The average Bonchev–Trinajstić information content (AvgIpc) is 3.00. The first-order chi connectivity index (χ1) is 10.5. The van der Waals surface area contributed by atoms with Gasteiger partial charge in [0.15, 0.2) is 0 Å². The number of hydrogen-bond donors (Lipinski definition) is 1. The van der Waals surface area contributed by atoms with Gasteiger partial charge in [-0.25, -0.2) is 13.6 Å². The Morgan fingerprint density at radius 2 is 1.95 bits per heavy atom. The Hall–Kier alpha value is -1.44. The van der Waals surface area contributed by atoms with Gasteiger partial charge in [0.05, 0.1) is 15.3 Å². The Labute approximate surface area is 134 Å². The summed E-state index contributed by atoms with van der Waals surface area (Å²) in [5, 5.41) is 5.35. The van der Waals surface area contributed by atoms with Gasteiger partial charge in [-0.15, -0.1) is 11.3 Å². The van der Waals surface area contributed by atoms with Gasteiger partial charge in [-0.2, -0.15) is 0 Å². The van der Waals surface area contributed by atoms with Gasteiger partial charge < -0.3 is 4.90 Å². The molecule has 2 N–H and O–H groups in total. The van der Waals surface area contributed by atoms with E-state index in [1.54, 1.807) is 17.8 Å². The van der Waals surface area contributed by atoms with E-state index < -0.39 is 10.0 Å². The van der Waals surface area contributed by atoms with E-state index in [1.165, 1.54) is 17.8 Å². The van der Waals surface area contributed by atoms with Crippen LogP contribution in [0.3, 0.4) is 0 Å². The molecule has 5 nitrogen and oxygen atoms in total. The van der Waals surface area contributed by atoms with Crippen LogP contribution >= 0.6 is 11.3 Å². The molecule has 1 fully saturated rings. The van der Waals surface area contributed by atoms with Crippen molar-refractivity contribution >= 4 is 27.0 Å². The van der Waals surface area contributed by atoms with Gasteiger partial charge in [-0.1, -0.05) is 0 Å². The first-order valence-electron chi connectivity index (χ1n) is 7.28. The molecule has 1 aromatic carbocycles. The molecule has 0 spiro atoms. The van der Waals surface area contributed by atoms with Gasteiger partial charge in [0.1, 0.15) is 0 Å². The van der Waals surface area contributed by atoms with Crippen LogP contribution in [0.25, 0.3) is 10.4 Å². The molecule has 0 unspecified atom stereocenters. The molecule has 22 heavy (non-hydrogen) atoms. The topological polar surface area (TPSA) is 76.3 Å². The van der Waals surface area contributed by atoms with Crippen LogP contribution in [0.5, 0.6) is 0 Å². The van der Waals surface area contributed by atoms with E-state index >= 15 is 0 Å². The van der Waals surface area contributed by atoms with E-state index in [9.17, 15) is 8.42 Å². The second-order valence-electron chi connectivity index (χ2n) is 5.54. The Kier molecular flexibility index (Phi) is 4.20. The van der Waals surface area contributed by atoms with Crippen LogP contribution in [-0.2, 0) is 10.0 Å². The highest BCUT2D eigenvalue weighted by Gasteiger charge is 2.22. The van der Waals surface area contributed by atoms with E-state index in [-0.39, 0.29) is 4.90 Å². The molecule has 0 atom stereocenters. The summed E-state index contributed by atoms with van der Waals surface area (Å²) in [7, 11) is -3.73. The number of nitrogens with zero attached hydrogens (tertiary/aromatic N) is 2. The van der Waals surface area contributed by atoms with Gasteiger partial charge in [-0.05, 0) is 43.9 Å². The molecule has 0 aliphatic carbocycles. The lowest BCUT2D eigenvalue weighted by Gasteiger charge is -2.31. The minimum Gasteiger partial charge on any atom is -0.371 e. The molecule has 7 heteroatoms. The zero-order valence-electron chi connectivity index (χ0n) is 12.4. The van der Waals surface area contributed by atoms with Crippen LogP contribution in [-0.4, -0.2) is 26.5 Å². The first kappa shape index (κ1) is 15.5. The monoisotopic (exact) mass is 337 g/mol. The van der Waals surface area contributed by atoms with Crippen LogP contribution in [0.15, 0.2) is 28.7 Å². The number of thiazole rings is 1. The summed E-state index contributed by atoms with van der Waals surface area (Å²) in [6.07, 6.45) is 5.37. The van der Waals surface area contributed by atoms with Crippen molar-refractivity contribution in [2.75, 3.05) is 18.0 Å². The smallest absolute Gasteiger partial charge is 0.238 e. The molecule has 1 aliphatic rings. The molecule has 1 saturated heterocycles. The standard InChI is InChI=1S/C15H19N3O2S2/c1-11-14(22(16,19)20)6-5-12(18-7-3-2-4-8-18)15(11)13-9-17-10-21-13/h5-6,9-10H,2-4,7-8H2,1H3,(H2,16,19,20). The Morgan fingerprint density at radius 3 is 2.55 bits per heavy atom. The van der Waals surface area contributed by atoms with E-state index in [0.29, 0.717) is 5.56 Å². The van der Waals surface area contributed by atoms with Gasteiger partial charge in [0, 0.05) is 30.5 Å². The van der Waals surface area contributed by atoms with Crippen molar-refractivity contribution in [2.24, 2.45) is 5.14 Å². The maximum atomic E-state index is 11.8. The summed E-state index contributed by atoms with van der Waals surface area (Å²) in [6, 6.07) is 3.51. The van der Waals surface area contributed by atoms with Crippen LogP contribution in [0.2, 0.25) is 0 Å². The number of piperidine rings is 1. The molecule has 0 radical (unpaired) electrons. The molecular formula is C15H19N3O2S2. The van der Waals surface area contributed by atoms with Gasteiger partial charge in [-0.3, -0.25) is 4.98 Å². The van der Waals surface area contributed by atoms with E-state index in [0.717, 1.165) is 42.1 Å². The lowest BCUT2D eigenvalue weighted by molar-refractivity contribution is 0.578. The Morgan fingerprint density at radius 1 is 1.23 bits per heavy atom. The summed E-state index contributed by atoms with van der Waals surface area (Å²) in [6.45, 7) is 3.82. The highest BCUT2D eigenvalue weighted by molar-refractivity contribution is 7.89. The maximum absolute atomic E-state index is 11.8. The number of sulfonamides is 1. The third kappa shape index (κ3) is 2.88. The molecule has 0 amide bonds. The number of anilines is 1. The second kappa shape index (κ2) is 5.98. The van der Waals surface area contributed by atoms with Crippen molar-refractivity contribution in [1.29, 1.82) is 0 Å². The summed E-state index contributed by atoms with van der Waals surface area (Å²) in [5.74, 6) is 0. The normalized spacial score (nSPS) is 16.0. The van der Waals surface area contributed by atoms with Crippen LogP contribution in [0, 0.1) is 6.92 Å². The quantitative estimate of drug-likeness (QED) is 0.934. The number of primary sulfonamides is 1. The number of nitrogens with two attached hydrogens (primary N) is 1. The van der Waals surface area contributed by atoms with Crippen molar-refractivity contribution < 1.29 is 8.42 Å². The average molecular weight is 337 g/mol. The van der Waals surface area contributed by atoms with Crippen molar-refractivity contribution in [3.63, 3.8) is 0 Å². The minimum atomic E-state index is -3.73. The molecule has 2 aromatic rings. The summed E-state index contributed by atoms with van der Waals surface area (Å²) in [4.78, 5) is 7.64. The highest BCUT2D eigenvalue weighted by atomic mass is 32.2. The minimum absolute atomic E-state index is 0.191. The van der Waals surface area contributed by atoms with Crippen molar-refractivity contribution in [2.45, 2.75) is 31.1 Å². The largest absolute Gasteiger partial charge is 0.371 e. The van der Waals surface area contributed by atoms with Gasteiger partial charge in [0.2, 0.25) is 10.0 Å². The summed E-state index contributed by atoms with van der Waals surface area (Å²) >= 11 is 1.51. The fourth-order valence-electron chi connectivity index (χ4n) is 3.04. The molecule has 2 heterocycles. The third-order valence-electron chi connectivity index (χ3n) is 4.08. The van der Waals surface area contributed by atoms with Crippen LogP contribution in [0.1, 0.15) is 24.8 Å². The molecule has 1 aliphatic heterocycles. The third-order valence-corrected chi connectivity index (χ3v) is 5.92. The molecule has 1 aromatic heterocycles. The zero-order chi connectivity index (χ0) is 15.7. The SMILES string of the molecule is Cc1c(S(N)(=O)=O)ccc(N2CCCCC2)c1-c1cncs1. The fourth-order valence-corrected chi connectivity index (χ4v) is 4.55. The molecule has 0 saturated carbocycles. The highest BCUT2D eigenvalue weighted by Crippen LogP contribution is 2.39. The van der Waals surface area contributed by atoms with Gasteiger partial charge >= 0.3 is 0 Å². The predicted molar refractivity (Wildman–Crippen MR) is 89.7 cm³/mol. The molecule has 118 valence electrons. The zero-order valence-corrected chi connectivity index (χ0v) is 14.1. The van der Waals surface area contributed by atoms with Crippen LogP contribution in [0.4, 0.5) is 5.69 Å². The number of hydrogen-bond acceptors (Lipinski definition) is 5. The predicted octanol–water partition coefficient (Wildman–Crippen LogP) is 2.76. The Balaban J connectivity index is 2.20.